The van der Waals surface area contributed by atoms with Crippen LogP contribution in [0.2, 0.25) is 0 Å². The fourth-order valence-corrected chi connectivity index (χ4v) is 6.39. The van der Waals surface area contributed by atoms with Gasteiger partial charge in [0.05, 0.1) is 0 Å². The van der Waals surface area contributed by atoms with Crippen LogP contribution in [0, 0.1) is 45.8 Å². The first-order valence-electron chi connectivity index (χ1n) is 11.1. The molecule has 0 fully saturated rings. The van der Waals surface area contributed by atoms with Gasteiger partial charge in [0.2, 0.25) is 0 Å². The monoisotopic (exact) mass is 352 g/mol. The first-order valence-corrected chi connectivity index (χ1v) is 11.1. The van der Waals surface area contributed by atoms with E-state index in [1.807, 2.05) is 0 Å². The van der Waals surface area contributed by atoms with E-state index in [1.54, 1.807) is 0 Å². The maximum Gasteiger partial charge on any atom is -0.0192 e. The zero-order chi connectivity index (χ0) is 20.2. The average Bonchev–Trinajstić information content (AvgIpc) is 2.40. The number of hydrogen-bond donors (Lipinski definition) is 0. The zero-order valence-electron chi connectivity index (χ0n) is 20.2. The molecule has 0 aliphatic rings. The van der Waals surface area contributed by atoms with Gasteiger partial charge in [-0.3, -0.25) is 0 Å². The summed E-state index contributed by atoms with van der Waals surface area (Å²) < 4.78 is 0. The van der Waals surface area contributed by atoms with Crippen molar-refractivity contribution >= 4 is 0 Å². The van der Waals surface area contributed by atoms with Gasteiger partial charge in [0.1, 0.15) is 0 Å². The van der Waals surface area contributed by atoms with E-state index in [9.17, 15) is 0 Å². The molecule has 0 radical (unpaired) electrons. The predicted octanol–water partition coefficient (Wildman–Crippen LogP) is 8.85. The maximum absolute atomic E-state index is 2.62. The molecule has 25 heavy (non-hydrogen) atoms. The fourth-order valence-electron chi connectivity index (χ4n) is 6.39. The Hall–Kier alpha value is 0. The van der Waals surface area contributed by atoms with Crippen molar-refractivity contribution in [1.82, 2.24) is 0 Å². The molecule has 0 nitrogen and oxygen atoms in total. The zero-order valence-corrected chi connectivity index (χ0v) is 20.2. The minimum absolute atomic E-state index is 0.327. The first-order chi connectivity index (χ1) is 11.1. The van der Waals surface area contributed by atoms with E-state index in [1.165, 1.54) is 25.7 Å². The molecular formula is C25H52. The van der Waals surface area contributed by atoms with Gasteiger partial charge in [0, 0.05) is 0 Å². The van der Waals surface area contributed by atoms with Gasteiger partial charge in [-0.05, 0) is 58.7 Å². The van der Waals surface area contributed by atoms with E-state index in [-0.39, 0.29) is 0 Å². The summed E-state index contributed by atoms with van der Waals surface area (Å²) in [5.41, 5.74) is 1.07. The van der Waals surface area contributed by atoms with Gasteiger partial charge in [0.15, 0.2) is 0 Å². The van der Waals surface area contributed by atoms with Crippen molar-refractivity contribution in [3.63, 3.8) is 0 Å². The molecule has 0 aromatic heterocycles. The van der Waals surface area contributed by atoms with Crippen LogP contribution >= 0.6 is 0 Å². The third kappa shape index (κ3) is 5.74. The van der Waals surface area contributed by atoms with Crippen molar-refractivity contribution in [2.45, 2.75) is 116 Å². The SMILES string of the molecule is CCC(C)C(CC(C)C)(C(C)C)C(C)(C)C(CCC(C)C)C(C)(C)C. The molecule has 0 aliphatic carbocycles. The lowest BCUT2D eigenvalue weighted by Gasteiger charge is -2.60. The van der Waals surface area contributed by atoms with Gasteiger partial charge in [-0.1, -0.05) is 103 Å². The molecule has 0 saturated carbocycles. The van der Waals surface area contributed by atoms with E-state index >= 15 is 0 Å². The summed E-state index contributed by atoms with van der Waals surface area (Å²) in [7, 11) is 0. The highest BCUT2D eigenvalue weighted by Gasteiger charge is 2.55. The lowest BCUT2D eigenvalue weighted by molar-refractivity contribution is -0.121. The van der Waals surface area contributed by atoms with Crippen molar-refractivity contribution in [3.8, 4) is 0 Å². The topological polar surface area (TPSA) is 0 Å². The smallest absolute Gasteiger partial charge is 0.0192 e. The number of hydrogen-bond acceptors (Lipinski definition) is 0. The van der Waals surface area contributed by atoms with Gasteiger partial charge >= 0.3 is 0 Å². The Kier molecular flexibility index (Phi) is 9.27. The van der Waals surface area contributed by atoms with Crippen LogP contribution in [0.3, 0.4) is 0 Å². The highest BCUT2D eigenvalue weighted by molar-refractivity contribution is 5.03. The summed E-state index contributed by atoms with van der Waals surface area (Å²) in [6.45, 7) is 32.2. The predicted molar refractivity (Wildman–Crippen MR) is 117 cm³/mol. The molecule has 3 unspecified atom stereocenters. The average molecular weight is 353 g/mol. The summed E-state index contributed by atoms with van der Waals surface area (Å²) >= 11 is 0. The van der Waals surface area contributed by atoms with E-state index in [0.717, 1.165) is 23.7 Å². The molecule has 0 aliphatic heterocycles. The normalized spacial score (nSPS) is 18.7. The molecule has 0 rings (SSSR count). The van der Waals surface area contributed by atoms with Gasteiger partial charge < -0.3 is 0 Å². The molecule has 0 saturated heterocycles. The van der Waals surface area contributed by atoms with Crippen molar-refractivity contribution < 1.29 is 0 Å². The van der Waals surface area contributed by atoms with E-state index in [4.69, 9.17) is 0 Å². The third-order valence-corrected chi connectivity index (χ3v) is 7.42. The molecule has 0 N–H and O–H groups in total. The Labute approximate surface area is 161 Å². The van der Waals surface area contributed by atoms with E-state index < -0.39 is 0 Å². The van der Waals surface area contributed by atoms with Crippen molar-refractivity contribution in [3.05, 3.63) is 0 Å². The minimum atomic E-state index is 0.327. The largest absolute Gasteiger partial charge is 0.0651 e. The van der Waals surface area contributed by atoms with Crippen LogP contribution in [0.4, 0.5) is 0 Å². The summed E-state index contributed by atoms with van der Waals surface area (Å²) in [4.78, 5) is 0. The highest BCUT2D eigenvalue weighted by Crippen LogP contribution is 2.62. The van der Waals surface area contributed by atoms with Crippen molar-refractivity contribution in [2.24, 2.45) is 45.8 Å². The lowest BCUT2D eigenvalue weighted by atomic mass is 9.44. The van der Waals surface area contributed by atoms with Crippen LogP contribution < -0.4 is 0 Å². The molecule has 0 bridgehead atoms. The molecular weight excluding hydrogens is 300 g/mol. The maximum atomic E-state index is 2.62. The standard InChI is InChI=1S/C25H52/c1-14-21(8)25(20(6)7,17-19(4)5)24(12,13)22(23(9,10)11)16-15-18(2)3/h18-22H,14-17H2,1-13H3. The van der Waals surface area contributed by atoms with Crippen LogP contribution in [0.5, 0.6) is 0 Å². The third-order valence-electron chi connectivity index (χ3n) is 7.42. The lowest BCUT2D eigenvalue weighted by Crippen LogP contribution is -2.54. The molecule has 0 aromatic carbocycles. The summed E-state index contributed by atoms with van der Waals surface area (Å²) in [5, 5.41) is 0. The molecule has 0 spiro atoms. The highest BCUT2D eigenvalue weighted by atomic mass is 14.6. The minimum Gasteiger partial charge on any atom is -0.0651 e. The quantitative estimate of drug-likeness (QED) is 0.368. The molecule has 0 aromatic rings. The van der Waals surface area contributed by atoms with E-state index in [2.05, 4.69) is 90.0 Å². The van der Waals surface area contributed by atoms with Gasteiger partial charge in [-0.25, -0.2) is 0 Å². The Bertz CT molecular complexity index is 366. The second-order valence-corrected chi connectivity index (χ2v) is 11.7. The van der Waals surface area contributed by atoms with Crippen LogP contribution in [0.1, 0.15) is 116 Å². The molecule has 0 heterocycles. The Morgan fingerprint density at radius 3 is 1.44 bits per heavy atom. The number of rotatable bonds is 10. The van der Waals surface area contributed by atoms with E-state index in [0.29, 0.717) is 22.2 Å². The molecule has 3 atom stereocenters. The van der Waals surface area contributed by atoms with Crippen LogP contribution in [0.25, 0.3) is 0 Å². The Morgan fingerprint density at radius 2 is 1.16 bits per heavy atom. The second-order valence-electron chi connectivity index (χ2n) is 11.7. The Balaban J connectivity index is 6.28. The van der Waals surface area contributed by atoms with Gasteiger partial charge in [0.25, 0.3) is 0 Å². The van der Waals surface area contributed by atoms with Gasteiger partial charge in [-0.2, -0.15) is 0 Å². The van der Waals surface area contributed by atoms with Crippen molar-refractivity contribution in [2.75, 3.05) is 0 Å². The van der Waals surface area contributed by atoms with Crippen molar-refractivity contribution in [1.29, 1.82) is 0 Å². The molecule has 152 valence electrons. The second kappa shape index (κ2) is 9.27. The summed E-state index contributed by atoms with van der Waals surface area (Å²) in [5.74, 6) is 3.76. The summed E-state index contributed by atoms with van der Waals surface area (Å²) in [6, 6.07) is 0. The molecule has 0 amide bonds. The van der Waals surface area contributed by atoms with Gasteiger partial charge in [-0.15, -0.1) is 0 Å². The molecule has 0 heteroatoms. The Morgan fingerprint density at radius 1 is 0.680 bits per heavy atom. The first kappa shape index (κ1) is 25.0. The van der Waals surface area contributed by atoms with Crippen LogP contribution in [-0.2, 0) is 0 Å². The van der Waals surface area contributed by atoms with Crippen LogP contribution in [-0.4, -0.2) is 0 Å². The summed E-state index contributed by atoms with van der Waals surface area (Å²) in [6.07, 6.45) is 5.34. The van der Waals surface area contributed by atoms with Crippen LogP contribution in [0.15, 0.2) is 0 Å². The fraction of sp³-hybridized carbons (Fsp3) is 1.00.